The van der Waals surface area contributed by atoms with Crippen molar-refractivity contribution < 1.29 is 180 Å². The van der Waals surface area contributed by atoms with Crippen LogP contribution in [-0.4, -0.2) is 131 Å². The first kappa shape index (κ1) is 70.1. The minimum absolute atomic E-state index is 0. The summed E-state index contributed by atoms with van der Waals surface area (Å²) in [4.78, 5) is 31.7. The number of benzene rings is 4. The van der Waals surface area contributed by atoms with Crippen LogP contribution < -0.4 is 150 Å². The number of hydrogen-bond donors (Lipinski definition) is 6. The molecule has 28 nitrogen and oxygen atoms in total. The van der Waals surface area contributed by atoms with E-state index >= 15 is 0 Å². The molecule has 0 fully saturated rings. The number of anilines is 6. The molecule has 78 heavy (non-hydrogen) atoms. The fourth-order valence-corrected chi connectivity index (χ4v) is 8.84. The first-order valence-electron chi connectivity index (χ1n) is 21.0. The second kappa shape index (κ2) is 31.3. The van der Waals surface area contributed by atoms with Gasteiger partial charge in [-0.3, -0.25) is 9.97 Å². The molecule has 0 aliphatic carbocycles. The number of nitrogens with one attached hydrogen (secondary N) is 4. The molecule has 0 radical (unpaired) electrons. The number of hydrogen-bond acceptors (Lipinski definition) is 26. The van der Waals surface area contributed by atoms with Gasteiger partial charge in [-0.25, -0.2) is 43.7 Å². The number of aromatic nitrogens is 6. The third-order valence-electron chi connectivity index (χ3n) is 9.86. The molecule has 36 heteroatoms. The Bertz CT molecular complexity index is 3550. The van der Waals surface area contributed by atoms with Crippen LogP contribution in [0, 0.1) is 22.7 Å². The maximum atomic E-state index is 12.7. The molecule has 0 atom stereocenters. The summed E-state index contributed by atoms with van der Waals surface area (Å²) in [7, 11) is -20.2. The number of aliphatic hydroxyl groups excluding tert-OH is 2. The summed E-state index contributed by atoms with van der Waals surface area (Å²) in [6, 6.07) is 19.7. The van der Waals surface area contributed by atoms with E-state index in [9.17, 15) is 72.6 Å². The van der Waals surface area contributed by atoms with Gasteiger partial charge in [0, 0.05) is 37.6 Å². The molecular weight excluding hydrogens is 1140 g/mol. The van der Waals surface area contributed by atoms with Crippen molar-refractivity contribution in [2.75, 3.05) is 59.8 Å². The van der Waals surface area contributed by atoms with Gasteiger partial charge in [0.15, 0.2) is 0 Å². The van der Waals surface area contributed by atoms with Gasteiger partial charge in [-0.1, -0.05) is 24.3 Å². The minimum atomic E-state index is -5.32. The molecular formula is C42H38N14Na4O14S4. The van der Waals surface area contributed by atoms with Crippen LogP contribution in [0.25, 0.3) is 12.2 Å². The Morgan fingerprint density at radius 3 is 1.17 bits per heavy atom. The number of H-pyrrole nitrogens is 2. The van der Waals surface area contributed by atoms with E-state index in [0.717, 1.165) is 60.7 Å². The van der Waals surface area contributed by atoms with Gasteiger partial charge in [-0.2, -0.15) is 30.5 Å². The van der Waals surface area contributed by atoms with Gasteiger partial charge in [0.1, 0.15) is 40.5 Å². The van der Waals surface area contributed by atoms with Crippen LogP contribution in [-0.2, 0) is 40.5 Å². The molecule has 0 saturated heterocycles. The van der Waals surface area contributed by atoms with Gasteiger partial charge in [0.25, 0.3) is 0 Å². The molecule has 2 aromatic heterocycles. The van der Waals surface area contributed by atoms with E-state index in [1.54, 1.807) is 0 Å². The molecule has 6 rings (SSSR count). The molecule has 2 heterocycles. The Morgan fingerprint density at radius 2 is 0.872 bits per heavy atom. The number of aromatic amines is 2. The van der Waals surface area contributed by atoms with Crippen LogP contribution in [0.4, 0.5) is 46.5 Å². The normalized spacial score (nSPS) is 11.9. The zero-order valence-electron chi connectivity index (χ0n) is 41.8. The first-order valence-corrected chi connectivity index (χ1v) is 26.7. The van der Waals surface area contributed by atoms with Gasteiger partial charge in [0.05, 0.1) is 69.2 Å². The zero-order valence-corrected chi connectivity index (χ0v) is 53.1. The van der Waals surface area contributed by atoms with Crippen molar-refractivity contribution in [3.05, 3.63) is 107 Å². The summed E-state index contributed by atoms with van der Waals surface area (Å²) >= 11 is 0. The Labute approximate surface area is 535 Å². The molecule has 0 aliphatic heterocycles. The van der Waals surface area contributed by atoms with Crippen molar-refractivity contribution in [1.82, 2.24) is 29.9 Å². The second-order valence-electron chi connectivity index (χ2n) is 15.0. The van der Waals surface area contributed by atoms with Crippen LogP contribution in [0.1, 0.15) is 24.0 Å². The Morgan fingerprint density at radius 1 is 0.526 bits per heavy atom. The predicted molar refractivity (Wildman–Crippen MR) is 255 cm³/mol. The molecule has 4 aromatic carbocycles. The molecule has 0 unspecified atom stereocenters. The van der Waals surface area contributed by atoms with Crippen molar-refractivity contribution >= 4 is 99.2 Å². The van der Waals surface area contributed by atoms with E-state index < -0.39 is 60.1 Å². The van der Waals surface area contributed by atoms with E-state index in [0.29, 0.717) is 0 Å². The summed E-state index contributed by atoms with van der Waals surface area (Å²) in [6.07, 6.45) is 2.08. The third-order valence-corrected chi connectivity index (χ3v) is 13.3. The van der Waals surface area contributed by atoms with Crippen molar-refractivity contribution in [2.24, 2.45) is 9.98 Å². The van der Waals surface area contributed by atoms with E-state index in [-0.39, 0.29) is 239 Å². The fourth-order valence-electron chi connectivity index (χ4n) is 6.52. The first-order chi connectivity index (χ1) is 35.0. The van der Waals surface area contributed by atoms with Crippen LogP contribution in [0.2, 0.25) is 0 Å². The fraction of sp³-hybridized carbons (Fsp3) is 0.190. The van der Waals surface area contributed by atoms with Gasteiger partial charge in [0.2, 0.25) is 35.0 Å². The smallest absolute Gasteiger partial charge is 0.744 e. The summed E-state index contributed by atoms with van der Waals surface area (Å²) in [5.74, 6) is -0.362. The van der Waals surface area contributed by atoms with Crippen molar-refractivity contribution in [3.8, 4) is 12.1 Å². The average molecular weight is 1180 g/mol. The van der Waals surface area contributed by atoms with Gasteiger partial charge < -0.3 is 48.9 Å². The molecule has 0 bridgehead atoms. The SMILES string of the molecule is N#CCCN(CCO)c1nc(Nc2ccc(S(=O)(=O)[O-])cc2)nc(=Nc2ccc(/C=C/c3ccc(N=c4nc(Nc5ccc(S(=O)(=O)[O-])cc5)nc(N(CCO)CCC#N)[nH]4)cc3S(=O)(=O)[O-])c(S(=O)(=O)[O-])c2)[nH]1.[Na+].[Na+].[Na+].[Na+]. The van der Waals surface area contributed by atoms with E-state index in [1.807, 2.05) is 12.1 Å². The van der Waals surface area contributed by atoms with Crippen molar-refractivity contribution in [3.63, 3.8) is 0 Å². The molecule has 388 valence electrons. The maximum Gasteiger partial charge on any atom is 1.00 e. The Balaban J connectivity index is 0.00000520. The van der Waals surface area contributed by atoms with E-state index in [4.69, 9.17) is 0 Å². The monoisotopic (exact) mass is 1180 g/mol. The van der Waals surface area contributed by atoms with Gasteiger partial charge >= 0.3 is 118 Å². The summed E-state index contributed by atoms with van der Waals surface area (Å²) in [6.45, 7) is -0.712. The molecule has 0 aliphatic rings. The van der Waals surface area contributed by atoms with Gasteiger partial charge in [-0.15, -0.1) is 0 Å². The molecule has 0 saturated carbocycles. The molecule has 6 aromatic rings. The number of rotatable bonds is 22. The van der Waals surface area contributed by atoms with Crippen molar-refractivity contribution in [1.29, 1.82) is 10.5 Å². The largest absolute Gasteiger partial charge is 1.00 e. The Kier molecular flexibility index (Phi) is 28.1. The minimum Gasteiger partial charge on any atom is -0.744 e. The van der Waals surface area contributed by atoms with Crippen LogP contribution in [0.3, 0.4) is 0 Å². The quantitative estimate of drug-likeness (QED) is 0.0209. The summed E-state index contributed by atoms with van der Waals surface area (Å²) in [5, 5.41) is 43.5. The van der Waals surface area contributed by atoms with Crippen LogP contribution in [0.5, 0.6) is 0 Å². The van der Waals surface area contributed by atoms with Crippen LogP contribution >= 0.6 is 0 Å². The third kappa shape index (κ3) is 20.5. The van der Waals surface area contributed by atoms with Crippen LogP contribution in [0.15, 0.2) is 114 Å². The van der Waals surface area contributed by atoms with E-state index in [1.165, 1.54) is 46.2 Å². The number of nitriles is 2. The standard InChI is InChI=1S/C42H42N14O14S4.4Na/c43-17-1-19-55(21-23-57)41-51-37(45-29-9-13-33(14-10-29)71(59,60)61)49-39(53-41)47-31-7-5-27(35(25-31)73(65,66)67)3-4-28-6-8-32(26-36(28)74(68,69)70)48-40-50-38(46-30-11-15-34(16-12-30)72(62,63)64)52-42(54-40)56(22-24-58)20-2-18-44;;;;/h3-16,25-26,57-58H,1-2,19-24H2,(H,59,60,61)(H,62,63,64)(H,65,66,67)(H,68,69,70)(H2,45,47,49,51,53)(H2,46,48,50,52,54);;;;/q;4*+1/p-4/b4-3+;;;;. The second-order valence-corrected chi connectivity index (χ2v) is 20.4. The Hall–Kier alpha value is -4.02. The van der Waals surface area contributed by atoms with E-state index in [2.05, 4.69) is 50.5 Å². The topological polar surface area (TPSA) is 455 Å². The summed E-state index contributed by atoms with van der Waals surface area (Å²) < 4.78 is 145. The zero-order chi connectivity index (χ0) is 53.8. The molecule has 0 amide bonds. The summed E-state index contributed by atoms with van der Waals surface area (Å²) in [5.41, 5.74) is -1.01. The average Bonchev–Trinajstić information content (AvgIpc) is 3.33. The number of nitrogens with zero attached hydrogens (tertiary/aromatic N) is 10. The molecule has 0 spiro atoms. The maximum absolute atomic E-state index is 12.7. The number of aliphatic hydroxyl groups is 2. The van der Waals surface area contributed by atoms with Crippen molar-refractivity contribution in [2.45, 2.75) is 32.4 Å². The van der Waals surface area contributed by atoms with Gasteiger partial charge in [-0.05, 0) is 83.9 Å². The molecule has 6 N–H and O–H groups in total. The predicted octanol–water partition coefficient (Wildman–Crippen LogP) is -10.9.